The van der Waals surface area contributed by atoms with Gasteiger partial charge < -0.3 is 15.0 Å². The highest BCUT2D eigenvalue weighted by molar-refractivity contribution is 6.32. The van der Waals surface area contributed by atoms with Gasteiger partial charge in [-0.1, -0.05) is 11.6 Å². The van der Waals surface area contributed by atoms with Crippen LogP contribution in [0.15, 0.2) is 12.1 Å². The minimum absolute atomic E-state index is 0.112. The minimum atomic E-state index is -0.413. The number of ether oxygens (including phenoxy) is 1. The van der Waals surface area contributed by atoms with Crippen molar-refractivity contribution in [2.75, 3.05) is 38.2 Å². The molecule has 0 aromatic heterocycles. The van der Waals surface area contributed by atoms with Crippen molar-refractivity contribution in [1.29, 1.82) is 0 Å². The van der Waals surface area contributed by atoms with Crippen LogP contribution in [0.1, 0.15) is 0 Å². The zero-order chi connectivity index (χ0) is 11.5. The highest BCUT2D eigenvalue weighted by Crippen LogP contribution is 2.32. The molecule has 0 unspecified atom stereocenters. The van der Waals surface area contributed by atoms with Crippen molar-refractivity contribution in [1.82, 2.24) is 5.32 Å². The Morgan fingerprint density at radius 1 is 1.38 bits per heavy atom. The van der Waals surface area contributed by atoms with Crippen LogP contribution in [0.4, 0.5) is 10.1 Å². The Morgan fingerprint density at radius 2 is 2.06 bits per heavy atom. The van der Waals surface area contributed by atoms with Crippen LogP contribution in [-0.4, -0.2) is 33.3 Å². The maximum Gasteiger partial charge on any atom is 0.173 e. The molecule has 0 aliphatic carbocycles. The fraction of sp³-hybridized carbons (Fsp3) is 0.455. The summed E-state index contributed by atoms with van der Waals surface area (Å²) >= 11 is 5.95. The number of nitrogens with one attached hydrogen (secondary N) is 1. The minimum Gasteiger partial charge on any atom is -0.492 e. The normalized spacial score (nSPS) is 16.3. The largest absolute Gasteiger partial charge is 0.492 e. The van der Waals surface area contributed by atoms with Crippen molar-refractivity contribution in [3.63, 3.8) is 0 Å². The summed E-state index contributed by atoms with van der Waals surface area (Å²) in [5.74, 6) is -0.302. The zero-order valence-electron chi connectivity index (χ0n) is 9.09. The first kappa shape index (κ1) is 11.5. The van der Waals surface area contributed by atoms with Crippen LogP contribution in [0.3, 0.4) is 0 Å². The quantitative estimate of drug-likeness (QED) is 0.860. The molecule has 1 aliphatic heterocycles. The van der Waals surface area contributed by atoms with E-state index in [9.17, 15) is 4.39 Å². The van der Waals surface area contributed by atoms with Gasteiger partial charge in [-0.15, -0.1) is 0 Å². The highest BCUT2D eigenvalue weighted by Gasteiger charge is 2.15. The van der Waals surface area contributed by atoms with Crippen LogP contribution in [-0.2, 0) is 0 Å². The van der Waals surface area contributed by atoms with Crippen LogP contribution in [0.25, 0.3) is 0 Å². The predicted molar refractivity (Wildman–Crippen MR) is 63.0 cm³/mol. The summed E-state index contributed by atoms with van der Waals surface area (Å²) in [5.41, 5.74) is 0.810. The number of hydrogen-bond donors (Lipinski definition) is 1. The molecule has 0 bridgehead atoms. The Morgan fingerprint density at radius 3 is 2.62 bits per heavy atom. The van der Waals surface area contributed by atoms with E-state index in [2.05, 4.69) is 10.2 Å². The maximum absolute atomic E-state index is 13.6. The van der Waals surface area contributed by atoms with Crippen molar-refractivity contribution in [2.45, 2.75) is 0 Å². The van der Waals surface area contributed by atoms with Gasteiger partial charge >= 0.3 is 0 Å². The second-order valence-corrected chi connectivity index (χ2v) is 4.09. The molecule has 0 saturated carbocycles. The van der Waals surface area contributed by atoms with E-state index in [0.29, 0.717) is 5.02 Å². The van der Waals surface area contributed by atoms with Gasteiger partial charge in [0.05, 0.1) is 12.1 Å². The first-order valence-electron chi connectivity index (χ1n) is 5.21. The molecule has 88 valence electrons. The standard InChI is InChI=1S/C11H14ClFN2O/c1-16-11-9(12)6-8(7-10(11)13)15-4-2-14-3-5-15/h6-7,14H,2-5H2,1H3. The van der Waals surface area contributed by atoms with E-state index >= 15 is 0 Å². The molecular formula is C11H14ClFN2O. The third-order valence-corrected chi connectivity index (χ3v) is 2.95. The van der Waals surface area contributed by atoms with Gasteiger partial charge in [0.25, 0.3) is 0 Å². The Labute approximate surface area is 99.1 Å². The Balaban J connectivity index is 2.28. The Kier molecular flexibility index (Phi) is 3.51. The van der Waals surface area contributed by atoms with E-state index in [1.54, 1.807) is 6.07 Å². The first-order chi connectivity index (χ1) is 7.72. The number of halogens is 2. The van der Waals surface area contributed by atoms with Crippen molar-refractivity contribution in [3.8, 4) is 5.75 Å². The van der Waals surface area contributed by atoms with E-state index in [4.69, 9.17) is 16.3 Å². The summed E-state index contributed by atoms with van der Waals surface area (Å²) < 4.78 is 18.5. The summed E-state index contributed by atoms with van der Waals surface area (Å²) in [6, 6.07) is 3.21. The molecule has 1 saturated heterocycles. The van der Waals surface area contributed by atoms with Gasteiger partial charge in [0.1, 0.15) is 0 Å². The zero-order valence-corrected chi connectivity index (χ0v) is 9.85. The van der Waals surface area contributed by atoms with Gasteiger partial charge in [-0.25, -0.2) is 4.39 Å². The monoisotopic (exact) mass is 244 g/mol. The summed E-state index contributed by atoms with van der Waals surface area (Å²) in [6.45, 7) is 3.54. The molecule has 5 heteroatoms. The molecule has 0 amide bonds. The van der Waals surface area contributed by atoms with Gasteiger partial charge in [-0.3, -0.25) is 0 Å². The Hall–Kier alpha value is -1.00. The second-order valence-electron chi connectivity index (χ2n) is 3.68. The lowest BCUT2D eigenvalue weighted by atomic mass is 10.2. The topological polar surface area (TPSA) is 24.5 Å². The summed E-state index contributed by atoms with van der Waals surface area (Å²) in [7, 11) is 1.41. The van der Waals surface area contributed by atoms with E-state index < -0.39 is 5.82 Å². The average molecular weight is 245 g/mol. The lowest BCUT2D eigenvalue weighted by molar-refractivity contribution is 0.386. The number of benzene rings is 1. The van der Waals surface area contributed by atoms with Gasteiger partial charge in [0.15, 0.2) is 11.6 Å². The van der Waals surface area contributed by atoms with Gasteiger partial charge in [0.2, 0.25) is 0 Å². The molecule has 3 nitrogen and oxygen atoms in total. The molecule has 0 radical (unpaired) electrons. The molecule has 1 aliphatic rings. The predicted octanol–water partition coefficient (Wildman–Crippen LogP) is 1.90. The second kappa shape index (κ2) is 4.89. The number of rotatable bonds is 2. The summed E-state index contributed by atoms with van der Waals surface area (Å²) in [6.07, 6.45) is 0. The van der Waals surface area contributed by atoms with Crippen molar-refractivity contribution < 1.29 is 9.13 Å². The third-order valence-electron chi connectivity index (χ3n) is 2.67. The average Bonchev–Trinajstić information content (AvgIpc) is 2.30. The smallest absolute Gasteiger partial charge is 0.173 e. The number of anilines is 1. The molecular weight excluding hydrogens is 231 g/mol. The molecule has 1 fully saturated rings. The molecule has 0 atom stereocenters. The molecule has 0 spiro atoms. The van der Waals surface area contributed by atoms with Gasteiger partial charge in [-0.2, -0.15) is 0 Å². The van der Waals surface area contributed by atoms with Crippen LogP contribution >= 0.6 is 11.6 Å². The third kappa shape index (κ3) is 2.23. The SMILES string of the molecule is COc1c(F)cc(N2CCNCC2)cc1Cl. The van der Waals surface area contributed by atoms with E-state index in [-0.39, 0.29) is 5.75 Å². The maximum atomic E-state index is 13.6. The van der Waals surface area contributed by atoms with Crippen molar-refractivity contribution in [3.05, 3.63) is 23.0 Å². The molecule has 1 N–H and O–H groups in total. The van der Waals surface area contributed by atoms with E-state index in [1.807, 2.05) is 0 Å². The van der Waals surface area contributed by atoms with Gasteiger partial charge in [0, 0.05) is 37.9 Å². The fourth-order valence-corrected chi connectivity index (χ4v) is 2.13. The summed E-state index contributed by atoms with van der Waals surface area (Å²) in [4.78, 5) is 2.10. The summed E-state index contributed by atoms with van der Waals surface area (Å²) in [5, 5.41) is 3.56. The Bertz CT molecular complexity index is 357. The van der Waals surface area contributed by atoms with Crippen LogP contribution in [0.5, 0.6) is 5.75 Å². The highest BCUT2D eigenvalue weighted by atomic mass is 35.5. The van der Waals surface area contributed by atoms with Gasteiger partial charge in [-0.05, 0) is 6.07 Å². The fourth-order valence-electron chi connectivity index (χ4n) is 1.85. The van der Waals surface area contributed by atoms with Crippen LogP contribution < -0.4 is 15.0 Å². The van der Waals surface area contributed by atoms with Crippen LogP contribution in [0.2, 0.25) is 5.02 Å². The van der Waals surface area contributed by atoms with Crippen LogP contribution in [0, 0.1) is 5.82 Å². The van der Waals surface area contributed by atoms with Crippen molar-refractivity contribution in [2.24, 2.45) is 0 Å². The molecule has 1 aromatic carbocycles. The first-order valence-corrected chi connectivity index (χ1v) is 5.59. The molecule has 16 heavy (non-hydrogen) atoms. The number of piperazine rings is 1. The molecule has 1 heterocycles. The molecule has 1 aromatic rings. The number of hydrogen-bond acceptors (Lipinski definition) is 3. The number of methoxy groups -OCH3 is 1. The molecule has 2 rings (SSSR count). The van der Waals surface area contributed by atoms with E-state index in [0.717, 1.165) is 31.9 Å². The lowest BCUT2D eigenvalue weighted by Crippen LogP contribution is -2.43. The number of nitrogens with zero attached hydrogens (tertiary/aromatic N) is 1. The van der Waals surface area contributed by atoms with E-state index in [1.165, 1.54) is 13.2 Å². The lowest BCUT2D eigenvalue weighted by Gasteiger charge is -2.29. The van der Waals surface area contributed by atoms with Crippen molar-refractivity contribution >= 4 is 17.3 Å².